The second-order valence-electron chi connectivity index (χ2n) is 5.45. The molecule has 0 radical (unpaired) electrons. The van der Waals surface area contributed by atoms with Crippen LogP contribution in [0.25, 0.3) is 0 Å². The van der Waals surface area contributed by atoms with E-state index in [-0.39, 0.29) is 11.9 Å². The molecule has 1 unspecified atom stereocenters. The number of hydrazine groups is 1. The van der Waals surface area contributed by atoms with Crippen LogP contribution in [0.4, 0.5) is 4.39 Å². The highest BCUT2D eigenvalue weighted by atomic mass is 19.1. The minimum Gasteiger partial charge on any atom is -0.271 e. The highest BCUT2D eigenvalue weighted by Gasteiger charge is 2.23. The molecular weight excluding hydrogens is 227 g/mol. The second kappa shape index (κ2) is 6.30. The lowest BCUT2D eigenvalue weighted by Crippen LogP contribution is -2.43. The van der Waals surface area contributed by atoms with E-state index in [2.05, 4.69) is 5.43 Å². The van der Waals surface area contributed by atoms with Gasteiger partial charge in [-0.15, -0.1) is 0 Å². The summed E-state index contributed by atoms with van der Waals surface area (Å²) in [7, 11) is 0. The van der Waals surface area contributed by atoms with Crippen LogP contribution in [-0.2, 0) is 6.42 Å². The number of aryl methyl sites for hydroxylation is 1. The molecule has 0 aliphatic heterocycles. The molecule has 100 valence electrons. The monoisotopic (exact) mass is 250 g/mol. The SMILES string of the molecule is Cc1ccc(F)cc1CC(NN)C1CCCCC1. The summed E-state index contributed by atoms with van der Waals surface area (Å²) in [5.74, 6) is 6.17. The fourth-order valence-electron chi connectivity index (χ4n) is 3.00. The maximum atomic E-state index is 13.3. The van der Waals surface area contributed by atoms with Crippen LogP contribution < -0.4 is 11.3 Å². The van der Waals surface area contributed by atoms with Crippen LogP contribution in [0, 0.1) is 18.7 Å². The third-order valence-corrected chi connectivity index (χ3v) is 4.18. The molecule has 0 bridgehead atoms. The fraction of sp³-hybridized carbons (Fsp3) is 0.600. The van der Waals surface area contributed by atoms with Crippen molar-refractivity contribution in [2.75, 3.05) is 0 Å². The van der Waals surface area contributed by atoms with Gasteiger partial charge in [0.05, 0.1) is 0 Å². The van der Waals surface area contributed by atoms with Crippen LogP contribution in [0.3, 0.4) is 0 Å². The van der Waals surface area contributed by atoms with Crippen molar-refractivity contribution in [3.63, 3.8) is 0 Å². The minimum atomic E-state index is -0.157. The Labute approximate surface area is 109 Å². The Morgan fingerprint density at radius 2 is 2.06 bits per heavy atom. The normalized spacial score (nSPS) is 18.8. The molecule has 1 fully saturated rings. The van der Waals surface area contributed by atoms with Gasteiger partial charge < -0.3 is 0 Å². The van der Waals surface area contributed by atoms with E-state index in [1.165, 1.54) is 38.2 Å². The van der Waals surface area contributed by atoms with Crippen LogP contribution >= 0.6 is 0 Å². The molecule has 1 aliphatic rings. The molecule has 0 amide bonds. The zero-order valence-corrected chi connectivity index (χ0v) is 11.1. The first kappa shape index (κ1) is 13.5. The van der Waals surface area contributed by atoms with E-state index in [0.29, 0.717) is 5.92 Å². The topological polar surface area (TPSA) is 38.0 Å². The highest BCUT2D eigenvalue weighted by Crippen LogP contribution is 2.28. The summed E-state index contributed by atoms with van der Waals surface area (Å²) < 4.78 is 13.3. The Hall–Kier alpha value is -0.930. The molecule has 1 aromatic rings. The van der Waals surface area contributed by atoms with Crippen LogP contribution in [0.1, 0.15) is 43.2 Å². The van der Waals surface area contributed by atoms with Crippen LogP contribution in [0.15, 0.2) is 18.2 Å². The highest BCUT2D eigenvalue weighted by molar-refractivity contribution is 5.27. The predicted molar refractivity (Wildman–Crippen MR) is 72.5 cm³/mol. The molecule has 18 heavy (non-hydrogen) atoms. The van der Waals surface area contributed by atoms with E-state index in [0.717, 1.165) is 17.5 Å². The zero-order chi connectivity index (χ0) is 13.0. The number of rotatable bonds is 4. The van der Waals surface area contributed by atoms with Crippen molar-refractivity contribution < 1.29 is 4.39 Å². The molecule has 0 spiro atoms. The maximum Gasteiger partial charge on any atom is 0.123 e. The quantitative estimate of drug-likeness (QED) is 0.636. The number of hydrogen-bond acceptors (Lipinski definition) is 2. The smallest absolute Gasteiger partial charge is 0.123 e. The molecule has 0 aromatic heterocycles. The fourth-order valence-corrected chi connectivity index (χ4v) is 3.00. The van der Waals surface area contributed by atoms with Gasteiger partial charge in [0.15, 0.2) is 0 Å². The van der Waals surface area contributed by atoms with Crippen molar-refractivity contribution in [3.05, 3.63) is 35.1 Å². The first-order valence-electron chi connectivity index (χ1n) is 6.92. The molecular formula is C15H23FN2. The molecule has 1 aromatic carbocycles. The average Bonchev–Trinajstić information content (AvgIpc) is 2.41. The molecule has 2 rings (SSSR count). The third-order valence-electron chi connectivity index (χ3n) is 4.18. The summed E-state index contributed by atoms with van der Waals surface area (Å²) in [6.45, 7) is 2.03. The van der Waals surface area contributed by atoms with E-state index < -0.39 is 0 Å². The van der Waals surface area contributed by atoms with Crippen molar-refractivity contribution in [2.24, 2.45) is 11.8 Å². The predicted octanol–water partition coefficient (Wildman–Crippen LogP) is 3.09. The summed E-state index contributed by atoms with van der Waals surface area (Å²) >= 11 is 0. The Bertz CT molecular complexity index is 386. The van der Waals surface area contributed by atoms with Crippen molar-refractivity contribution in [2.45, 2.75) is 51.5 Å². The number of halogens is 1. The lowest BCUT2D eigenvalue weighted by molar-refractivity contribution is 0.268. The zero-order valence-electron chi connectivity index (χ0n) is 11.1. The van der Waals surface area contributed by atoms with Crippen molar-refractivity contribution in [1.29, 1.82) is 0 Å². The molecule has 3 heteroatoms. The third kappa shape index (κ3) is 3.30. The summed E-state index contributed by atoms with van der Waals surface area (Å²) in [4.78, 5) is 0. The van der Waals surface area contributed by atoms with Crippen molar-refractivity contribution >= 4 is 0 Å². The Kier molecular flexibility index (Phi) is 4.72. The van der Waals surface area contributed by atoms with Gasteiger partial charge in [-0.05, 0) is 55.4 Å². The summed E-state index contributed by atoms with van der Waals surface area (Å²) in [5, 5.41) is 0. The van der Waals surface area contributed by atoms with Crippen LogP contribution in [0.2, 0.25) is 0 Å². The summed E-state index contributed by atoms with van der Waals surface area (Å²) in [5.41, 5.74) is 5.16. The maximum absolute atomic E-state index is 13.3. The van der Waals surface area contributed by atoms with E-state index in [4.69, 9.17) is 5.84 Å². The Balaban J connectivity index is 2.06. The minimum absolute atomic E-state index is 0.157. The largest absolute Gasteiger partial charge is 0.271 e. The van der Waals surface area contributed by atoms with Gasteiger partial charge in [0, 0.05) is 6.04 Å². The molecule has 1 atom stereocenters. The van der Waals surface area contributed by atoms with Gasteiger partial charge in [-0.1, -0.05) is 25.3 Å². The van der Waals surface area contributed by atoms with Crippen molar-refractivity contribution in [3.8, 4) is 0 Å². The Morgan fingerprint density at radius 1 is 1.33 bits per heavy atom. The lowest BCUT2D eigenvalue weighted by Gasteiger charge is -2.30. The lowest BCUT2D eigenvalue weighted by atomic mass is 9.81. The summed E-state index contributed by atoms with van der Waals surface area (Å²) in [6.07, 6.45) is 7.24. The van der Waals surface area contributed by atoms with Gasteiger partial charge >= 0.3 is 0 Å². The van der Waals surface area contributed by atoms with E-state index in [9.17, 15) is 4.39 Å². The van der Waals surface area contributed by atoms with Crippen LogP contribution in [0.5, 0.6) is 0 Å². The number of hydrogen-bond donors (Lipinski definition) is 2. The molecule has 0 heterocycles. The molecule has 0 saturated heterocycles. The summed E-state index contributed by atoms with van der Waals surface area (Å²) in [6, 6.07) is 5.28. The number of benzene rings is 1. The van der Waals surface area contributed by atoms with E-state index in [1.807, 2.05) is 13.0 Å². The van der Waals surface area contributed by atoms with Gasteiger partial charge in [-0.25, -0.2) is 4.39 Å². The van der Waals surface area contributed by atoms with E-state index >= 15 is 0 Å². The van der Waals surface area contributed by atoms with Gasteiger partial charge in [-0.3, -0.25) is 11.3 Å². The second-order valence-corrected chi connectivity index (χ2v) is 5.45. The van der Waals surface area contributed by atoms with Crippen LogP contribution in [-0.4, -0.2) is 6.04 Å². The van der Waals surface area contributed by atoms with Gasteiger partial charge in [0.25, 0.3) is 0 Å². The number of nitrogens with two attached hydrogens (primary N) is 1. The Morgan fingerprint density at radius 3 is 2.72 bits per heavy atom. The molecule has 2 nitrogen and oxygen atoms in total. The van der Waals surface area contributed by atoms with Gasteiger partial charge in [0.2, 0.25) is 0 Å². The first-order chi connectivity index (χ1) is 8.70. The molecule has 1 saturated carbocycles. The van der Waals surface area contributed by atoms with Crippen molar-refractivity contribution in [1.82, 2.24) is 5.43 Å². The van der Waals surface area contributed by atoms with Gasteiger partial charge in [-0.2, -0.15) is 0 Å². The average molecular weight is 250 g/mol. The molecule has 1 aliphatic carbocycles. The number of nitrogens with one attached hydrogen (secondary N) is 1. The van der Waals surface area contributed by atoms with E-state index in [1.54, 1.807) is 6.07 Å². The standard InChI is InChI=1S/C15H23FN2/c1-11-7-8-14(16)9-13(11)10-15(18-17)12-5-3-2-4-6-12/h7-9,12,15,18H,2-6,10,17H2,1H3. The van der Waals surface area contributed by atoms with Gasteiger partial charge in [0.1, 0.15) is 5.82 Å². The first-order valence-corrected chi connectivity index (χ1v) is 6.92. The molecule has 3 N–H and O–H groups in total.